The molecule has 0 amide bonds. The minimum atomic E-state index is 0.0595. The summed E-state index contributed by atoms with van der Waals surface area (Å²) in [6.45, 7) is 0. The molecule has 0 saturated carbocycles. The van der Waals surface area contributed by atoms with Gasteiger partial charge in [-0.2, -0.15) is 4.57 Å². The Hall–Kier alpha value is -1.62. The Labute approximate surface area is 94.6 Å². The van der Waals surface area contributed by atoms with Crippen molar-refractivity contribution in [1.29, 1.82) is 0 Å². The summed E-state index contributed by atoms with van der Waals surface area (Å²) < 4.78 is 2.21. The fraction of sp³-hybridized carbons (Fsp3) is 0. The van der Waals surface area contributed by atoms with E-state index in [4.69, 9.17) is 0 Å². The van der Waals surface area contributed by atoms with Gasteiger partial charge in [-0.1, -0.05) is 0 Å². The Bertz CT molecular complexity index is 503. The SMILES string of the molecule is Oc1c[n+](-c2ccncc2O)ccc1Br. The van der Waals surface area contributed by atoms with E-state index in [0.29, 0.717) is 10.2 Å². The Kier molecular flexibility index (Phi) is 2.55. The molecule has 0 atom stereocenters. The van der Waals surface area contributed by atoms with Crippen molar-refractivity contribution in [3.63, 3.8) is 0 Å². The summed E-state index contributed by atoms with van der Waals surface area (Å²) in [6, 6.07) is 3.35. The molecule has 0 aromatic carbocycles. The van der Waals surface area contributed by atoms with Gasteiger partial charge in [0, 0.05) is 18.3 Å². The smallest absolute Gasteiger partial charge is 0.256 e. The first-order chi connectivity index (χ1) is 7.18. The van der Waals surface area contributed by atoms with Crippen LogP contribution in [-0.2, 0) is 0 Å². The quantitative estimate of drug-likeness (QED) is 0.771. The molecule has 0 radical (unpaired) electrons. The van der Waals surface area contributed by atoms with Gasteiger partial charge in [0.05, 0.1) is 10.7 Å². The largest absolute Gasteiger partial charge is 0.502 e. The fourth-order valence-corrected chi connectivity index (χ4v) is 1.44. The number of rotatable bonds is 1. The zero-order chi connectivity index (χ0) is 10.8. The summed E-state index contributed by atoms with van der Waals surface area (Å²) in [5.74, 6) is 0.165. The molecule has 15 heavy (non-hydrogen) atoms. The van der Waals surface area contributed by atoms with Crippen molar-refractivity contribution in [1.82, 2.24) is 4.98 Å². The van der Waals surface area contributed by atoms with E-state index in [0.717, 1.165) is 0 Å². The summed E-state index contributed by atoms with van der Waals surface area (Å²) in [5.41, 5.74) is 0.563. The third-order valence-electron chi connectivity index (χ3n) is 1.94. The minimum Gasteiger partial charge on any atom is -0.502 e. The molecular formula is C10H8BrN2O2+. The standard InChI is InChI=1S/C10H7BrN2O2/c11-7-2-4-13(6-10(7)15)8-1-3-12-5-9(8)14/h1-6H,(H-,14,15)/p+1. The Morgan fingerprint density at radius 3 is 2.67 bits per heavy atom. The molecule has 5 heteroatoms. The number of hydrogen-bond donors (Lipinski definition) is 2. The van der Waals surface area contributed by atoms with E-state index >= 15 is 0 Å². The monoisotopic (exact) mass is 267 g/mol. The number of aromatic nitrogens is 2. The van der Waals surface area contributed by atoms with Gasteiger partial charge in [-0.25, -0.2) is 0 Å². The van der Waals surface area contributed by atoms with Gasteiger partial charge in [-0.3, -0.25) is 4.98 Å². The highest BCUT2D eigenvalue weighted by atomic mass is 79.9. The Morgan fingerprint density at radius 2 is 2.00 bits per heavy atom. The van der Waals surface area contributed by atoms with Crippen molar-refractivity contribution in [3.8, 4) is 17.2 Å². The Morgan fingerprint density at radius 1 is 1.20 bits per heavy atom. The van der Waals surface area contributed by atoms with Crippen molar-refractivity contribution in [2.24, 2.45) is 0 Å². The third-order valence-corrected chi connectivity index (χ3v) is 2.61. The van der Waals surface area contributed by atoms with E-state index in [9.17, 15) is 10.2 Å². The molecule has 2 rings (SSSR count). The molecule has 2 heterocycles. The maximum absolute atomic E-state index is 9.55. The summed E-state index contributed by atoms with van der Waals surface area (Å²) >= 11 is 3.18. The highest BCUT2D eigenvalue weighted by Gasteiger charge is 2.13. The third kappa shape index (κ3) is 1.92. The van der Waals surface area contributed by atoms with Gasteiger partial charge in [0.2, 0.25) is 11.9 Å². The Balaban J connectivity index is 2.55. The van der Waals surface area contributed by atoms with E-state index in [1.165, 1.54) is 12.4 Å². The average Bonchev–Trinajstić information content (AvgIpc) is 2.23. The molecule has 0 fully saturated rings. The minimum absolute atomic E-state index is 0.0595. The van der Waals surface area contributed by atoms with E-state index in [1.807, 2.05) is 0 Å². The van der Waals surface area contributed by atoms with Crippen molar-refractivity contribution in [3.05, 3.63) is 41.4 Å². The van der Waals surface area contributed by atoms with Crippen LogP contribution < -0.4 is 4.57 Å². The zero-order valence-corrected chi connectivity index (χ0v) is 9.22. The topological polar surface area (TPSA) is 57.2 Å². The lowest BCUT2D eigenvalue weighted by Gasteiger charge is -1.99. The highest BCUT2D eigenvalue weighted by molar-refractivity contribution is 9.10. The van der Waals surface area contributed by atoms with Crippen LogP contribution in [0.3, 0.4) is 0 Å². The molecule has 2 aromatic rings. The van der Waals surface area contributed by atoms with Crippen molar-refractivity contribution < 1.29 is 14.8 Å². The fourth-order valence-electron chi connectivity index (χ4n) is 1.21. The van der Waals surface area contributed by atoms with E-state index < -0.39 is 0 Å². The molecule has 76 valence electrons. The van der Waals surface area contributed by atoms with Crippen LogP contribution in [0.4, 0.5) is 0 Å². The normalized spacial score (nSPS) is 10.2. The summed E-state index contributed by atoms with van der Waals surface area (Å²) in [7, 11) is 0. The first kappa shape index (κ1) is 9.92. The molecule has 4 nitrogen and oxygen atoms in total. The van der Waals surface area contributed by atoms with Crippen molar-refractivity contribution in [2.45, 2.75) is 0 Å². The maximum atomic E-state index is 9.55. The maximum Gasteiger partial charge on any atom is 0.256 e. The molecule has 0 saturated heterocycles. The summed E-state index contributed by atoms with van der Waals surface area (Å²) in [6.07, 6.45) is 6.14. The molecule has 0 aliphatic carbocycles. The first-order valence-electron chi connectivity index (χ1n) is 4.21. The van der Waals surface area contributed by atoms with Gasteiger partial charge < -0.3 is 10.2 Å². The van der Waals surface area contributed by atoms with Crippen LogP contribution in [0.25, 0.3) is 5.69 Å². The highest BCUT2D eigenvalue weighted by Crippen LogP contribution is 2.21. The molecule has 0 aliphatic heterocycles. The number of nitrogens with zero attached hydrogens (tertiary/aromatic N) is 2. The van der Waals surface area contributed by atoms with Gasteiger partial charge >= 0.3 is 0 Å². The second-order valence-electron chi connectivity index (χ2n) is 2.95. The molecule has 2 aromatic heterocycles. The van der Waals surface area contributed by atoms with Gasteiger partial charge in [0.25, 0.3) is 5.69 Å². The molecule has 0 bridgehead atoms. The van der Waals surface area contributed by atoms with Gasteiger partial charge in [0.1, 0.15) is 0 Å². The van der Waals surface area contributed by atoms with Crippen LogP contribution in [-0.4, -0.2) is 15.2 Å². The van der Waals surface area contributed by atoms with E-state index in [1.54, 1.807) is 29.1 Å². The number of halogens is 1. The second-order valence-corrected chi connectivity index (χ2v) is 3.80. The van der Waals surface area contributed by atoms with E-state index in [2.05, 4.69) is 20.9 Å². The first-order valence-corrected chi connectivity index (χ1v) is 5.01. The molecular weight excluding hydrogens is 260 g/mol. The van der Waals surface area contributed by atoms with Gasteiger partial charge in [-0.15, -0.1) is 0 Å². The molecule has 0 aliphatic rings. The second kappa shape index (κ2) is 3.86. The lowest BCUT2D eigenvalue weighted by Crippen LogP contribution is -2.29. The van der Waals surface area contributed by atoms with Crippen LogP contribution in [0.1, 0.15) is 0 Å². The average molecular weight is 268 g/mol. The van der Waals surface area contributed by atoms with Crippen molar-refractivity contribution >= 4 is 15.9 Å². The molecule has 0 unspecified atom stereocenters. The predicted octanol–water partition coefficient (Wildman–Crippen LogP) is 1.53. The van der Waals surface area contributed by atoms with Crippen molar-refractivity contribution in [2.75, 3.05) is 0 Å². The summed E-state index contributed by atoms with van der Waals surface area (Å²) in [4.78, 5) is 3.78. The summed E-state index contributed by atoms with van der Waals surface area (Å²) in [5, 5.41) is 19.0. The van der Waals surface area contributed by atoms with Crippen LogP contribution >= 0.6 is 15.9 Å². The van der Waals surface area contributed by atoms with Gasteiger partial charge in [-0.05, 0) is 15.9 Å². The van der Waals surface area contributed by atoms with Crippen LogP contribution in [0, 0.1) is 0 Å². The van der Waals surface area contributed by atoms with E-state index in [-0.39, 0.29) is 11.5 Å². The lowest BCUT2D eigenvalue weighted by molar-refractivity contribution is -0.596. The zero-order valence-electron chi connectivity index (χ0n) is 7.63. The van der Waals surface area contributed by atoms with Crippen LogP contribution in [0.5, 0.6) is 11.5 Å². The van der Waals surface area contributed by atoms with Gasteiger partial charge in [0.15, 0.2) is 11.9 Å². The van der Waals surface area contributed by atoms with Crippen LogP contribution in [0.2, 0.25) is 0 Å². The van der Waals surface area contributed by atoms with Crippen LogP contribution in [0.15, 0.2) is 41.4 Å². The molecule has 0 spiro atoms. The lowest BCUT2D eigenvalue weighted by atomic mass is 10.3. The number of hydrogen-bond acceptors (Lipinski definition) is 3. The number of aromatic hydroxyl groups is 2. The predicted molar refractivity (Wildman–Crippen MR) is 56.8 cm³/mol. The number of pyridine rings is 2. The molecule has 2 N–H and O–H groups in total.